The molecule has 1 atom stereocenters. The molecule has 5 nitrogen and oxygen atoms in total. The van der Waals surface area contributed by atoms with Gasteiger partial charge in [0.05, 0.1) is 7.11 Å². The van der Waals surface area contributed by atoms with E-state index < -0.39 is 6.04 Å². The fraction of sp³-hybridized carbons (Fsp3) is 0.846. The van der Waals surface area contributed by atoms with Gasteiger partial charge in [0.25, 0.3) is 0 Å². The average Bonchev–Trinajstić information content (AvgIpc) is 2.36. The number of ether oxygens (including phenoxy) is 1. The minimum absolute atomic E-state index is 0. The zero-order chi connectivity index (χ0) is 13.5. The normalized spacial score (nSPS) is 17.5. The van der Waals surface area contributed by atoms with Crippen molar-refractivity contribution in [3.63, 3.8) is 0 Å². The van der Waals surface area contributed by atoms with Gasteiger partial charge in [-0.15, -0.1) is 12.4 Å². The van der Waals surface area contributed by atoms with Crippen molar-refractivity contribution in [2.45, 2.75) is 39.2 Å². The number of carbonyl (C=O) groups excluding carboxylic acids is 2. The quantitative estimate of drug-likeness (QED) is 0.745. The lowest BCUT2D eigenvalue weighted by Gasteiger charge is -2.24. The summed E-state index contributed by atoms with van der Waals surface area (Å²) in [5, 5.41) is 6.05. The minimum Gasteiger partial charge on any atom is -0.467 e. The molecule has 112 valence electrons. The maximum absolute atomic E-state index is 11.9. The van der Waals surface area contributed by atoms with E-state index in [1.807, 2.05) is 13.8 Å². The molecule has 1 rings (SSSR count). The van der Waals surface area contributed by atoms with Crippen LogP contribution >= 0.6 is 12.4 Å². The third kappa shape index (κ3) is 6.25. The lowest BCUT2D eigenvalue weighted by molar-refractivity contribution is -0.146. The SMILES string of the molecule is COC(=O)C(NC(=O)CC1CCNCC1)C(C)C.Cl. The molecule has 19 heavy (non-hydrogen) atoms. The Hall–Kier alpha value is -0.810. The highest BCUT2D eigenvalue weighted by Crippen LogP contribution is 2.16. The number of carbonyl (C=O) groups is 2. The van der Waals surface area contributed by atoms with E-state index >= 15 is 0 Å². The van der Waals surface area contributed by atoms with Crippen molar-refractivity contribution < 1.29 is 14.3 Å². The van der Waals surface area contributed by atoms with Crippen LogP contribution in [-0.2, 0) is 14.3 Å². The molecule has 0 saturated carbocycles. The Kier molecular flexibility index (Phi) is 8.76. The predicted octanol–water partition coefficient (Wildman–Crippen LogP) is 1.11. The molecule has 6 heteroatoms. The second-order valence-corrected chi connectivity index (χ2v) is 5.21. The van der Waals surface area contributed by atoms with Crippen LogP contribution in [0.3, 0.4) is 0 Å². The summed E-state index contributed by atoms with van der Waals surface area (Å²) >= 11 is 0. The molecule has 0 aromatic heterocycles. The van der Waals surface area contributed by atoms with Crippen molar-refractivity contribution in [2.75, 3.05) is 20.2 Å². The average molecular weight is 293 g/mol. The summed E-state index contributed by atoms with van der Waals surface area (Å²) in [7, 11) is 1.34. The molecule has 1 aliphatic heterocycles. The van der Waals surface area contributed by atoms with E-state index in [2.05, 4.69) is 10.6 Å². The van der Waals surface area contributed by atoms with E-state index in [0.29, 0.717) is 12.3 Å². The zero-order valence-electron chi connectivity index (χ0n) is 11.9. The molecule has 0 spiro atoms. The van der Waals surface area contributed by atoms with Crippen LogP contribution in [0.2, 0.25) is 0 Å². The molecular formula is C13H25ClN2O3. The van der Waals surface area contributed by atoms with Crippen molar-refractivity contribution in [3.05, 3.63) is 0 Å². The van der Waals surface area contributed by atoms with Gasteiger partial charge >= 0.3 is 5.97 Å². The van der Waals surface area contributed by atoms with E-state index in [0.717, 1.165) is 25.9 Å². The molecule has 1 amide bonds. The van der Waals surface area contributed by atoms with Crippen molar-refractivity contribution in [2.24, 2.45) is 11.8 Å². The first-order valence-corrected chi connectivity index (χ1v) is 6.62. The molecule has 1 unspecified atom stereocenters. The van der Waals surface area contributed by atoms with Gasteiger partial charge in [0.2, 0.25) is 5.91 Å². The Morgan fingerprint density at radius 1 is 1.32 bits per heavy atom. The fourth-order valence-electron chi connectivity index (χ4n) is 2.21. The maximum atomic E-state index is 11.9. The third-order valence-electron chi connectivity index (χ3n) is 3.37. The standard InChI is InChI=1S/C13H24N2O3.ClH/c1-9(2)12(13(17)18-3)15-11(16)8-10-4-6-14-7-5-10;/h9-10,12,14H,4-8H2,1-3H3,(H,15,16);1H. The van der Waals surface area contributed by atoms with E-state index in [9.17, 15) is 9.59 Å². The molecule has 0 aliphatic carbocycles. The molecule has 0 aromatic rings. The van der Waals surface area contributed by atoms with Crippen LogP contribution in [0.5, 0.6) is 0 Å². The van der Waals surface area contributed by atoms with Crippen molar-refractivity contribution in [3.8, 4) is 0 Å². The van der Waals surface area contributed by atoms with Gasteiger partial charge in [-0.1, -0.05) is 13.8 Å². The number of amides is 1. The fourth-order valence-corrected chi connectivity index (χ4v) is 2.21. The molecule has 0 bridgehead atoms. The number of methoxy groups -OCH3 is 1. The Morgan fingerprint density at radius 2 is 1.89 bits per heavy atom. The lowest BCUT2D eigenvalue weighted by Crippen LogP contribution is -2.45. The number of hydrogen-bond acceptors (Lipinski definition) is 4. The number of rotatable bonds is 5. The lowest BCUT2D eigenvalue weighted by atomic mass is 9.94. The van der Waals surface area contributed by atoms with Crippen LogP contribution in [0.15, 0.2) is 0 Å². The maximum Gasteiger partial charge on any atom is 0.328 e. The summed E-state index contributed by atoms with van der Waals surface area (Å²) < 4.78 is 4.70. The Balaban J connectivity index is 0.00000324. The third-order valence-corrected chi connectivity index (χ3v) is 3.37. The van der Waals surface area contributed by atoms with Crippen LogP contribution in [0.4, 0.5) is 0 Å². The zero-order valence-corrected chi connectivity index (χ0v) is 12.7. The number of esters is 1. The first kappa shape index (κ1) is 18.2. The first-order valence-electron chi connectivity index (χ1n) is 6.62. The second-order valence-electron chi connectivity index (χ2n) is 5.21. The monoisotopic (exact) mass is 292 g/mol. The van der Waals surface area contributed by atoms with Crippen molar-refractivity contribution in [1.82, 2.24) is 10.6 Å². The van der Waals surface area contributed by atoms with Crippen molar-refractivity contribution in [1.29, 1.82) is 0 Å². The summed E-state index contributed by atoms with van der Waals surface area (Å²) in [6.45, 7) is 5.74. The topological polar surface area (TPSA) is 67.4 Å². The van der Waals surface area contributed by atoms with Crippen LogP contribution in [0.25, 0.3) is 0 Å². The Labute approximate surface area is 121 Å². The van der Waals surface area contributed by atoms with Crippen LogP contribution < -0.4 is 10.6 Å². The number of piperidine rings is 1. The van der Waals surface area contributed by atoms with Gasteiger partial charge in [-0.05, 0) is 37.8 Å². The van der Waals surface area contributed by atoms with Gasteiger partial charge in [-0.25, -0.2) is 4.79 Å². The van der Waals surface area contributed by atoms with Gasteiger partial charge in [-0.2, -0.15) is 0 Å². The van der Waals surface area contributed by atoms with E-state index in [1.165, 1.54) is 7.11 Å². The van der Waals surface area contributed by atoms with Gasteiger partial charge < -0.3 is 15.4 Å². The van der Waals surface area contributed by atoms with Gasteiger partial charge in [0, 0.05) is 6.42 Å². The summed E-state index contributed by atoms with van der Waals surface area (Å²) in [6, 6.07) is -0.538. The summed E-state index contributed by atoms with van der Waals surface area (Å²) in [4.78, 5) is 23.4. The minimum atomic E-state index is -0.538. The first-order chi connectivity index (χ1) is 8.54. The van der Waals surface area contributed by atoms with Gasteiger partial charge in [0.15, 0.2) is 0 Å². The largest absolute Gasteiger partial charge is 0.467 e. The van der Waals surface area contributed by atoms with Crippen LogP contribution in [0.1, 0.15) is 33.1 Å². The number of hydrogen-bond donors (Lipinski definition) is 2. The molecule has 0 radical (unpaired) electrons. The van der Waals surface area contributed by atoms with Crippen LogP contribution in [-0.4, -0.2) is 38.1 Å². The van der Waals surface area contributed by atoms with Gasteiger partial charge in [-0.3, -0.25) is 4.79 Å². The summed E-state index contributed by atoms with van der Waals surface area (Å²) in [6.07, 6.45) is 2.55. The number of halogens is 1. The predicted molar refractivity (Wildman–Crippen MR) is 76.2 cm³/mol. The van der Waals surface area contributed by atoms with E-state index in [4.69, 9.17) is 4.74 Å². The van der Waals surface area contributed by atoms with Gasteiger partial charge in [0.1, 0.15) is 6.04 Å². The van der Waals surface area contributed by atoms with Crippen LogP contribution in [0, 0.1) is 11.8 Å². The molecule has 1 fully saturated rings. The molecule has 0 aromatic carbocycles. The smallest absolute Gasteiger partial charge is 0.328 e. The molecule has 1 saturated heterocycles. The molecule has 1 aliphatic rings. The highest BCUT2D eigenvalue weighted by molar-refractivity contribution is 5.85. The van der Waals surface area contributed by atoms with E-state index in [1.54, 1.807) is 0 Å². The number of nitrogens with one attached hydrogen (secondary N) is 2. The second kappa shape index (κ2) is 9.15. The highest BCUT2D eigenvalue weighted by Gasteiger charge is 2.26. The van der Waals surface area contributed by atoms with E-state index in [-0.39, 0.29) is 30.2 Å². The highest BCUT2D eigenvalue weighted by atomic mass is 35.5. The molecule has 1 heterocycles. The molecule has 2 N–H and O–H groups in total. The summed E-state index contributed by atoms with van der Waals surface area (Å²) in [5.74, 6) is 0.0424. The Morgan fingerprint density at radius 3 is 2.37 bits per heavy atom. The van der Waals surface area contributed by atoms with Crippen molar-refractivity contribution >= 4 is 24.3 Å². The molecular weight excluding hydrogens is 268 g/mol. The summed E-state index contributed by atoms with van der Waals surface area (Å²) in [5.41, 5.74) is 0. The Bertz CT molecular complexity index is 292.